The highest BCUT2D eigenvalue weighted by atomic mass is 16.5. The Balaban J connectivity index is 2.04. The number of aromatic nitrogens is 1. The maximum absolute atomic E-state index is 6.09. The highest BCUT2D eigenvalue weighted by molar-refractivity contribution is 5.32. The molecule has 0 radical (unpaired) electrons. The second-order valence-electron chi connectivity index (χ2n) is 4.99. The summed E-state index contributed by atoms with van der Waals surface area (Å²) in [5.41, 5.74) is 0. The van der Waals surface area contributed by atoms with Crippen LogP contribution in [-0.4, -0.2) is 30.8 Å². The molecule has 2 atom stereocenters. The molecular weight excluding hydrogens is 240 g/mol. The van der Waals surface area contributed by atoms with Crippen molar-refractivity contribution in [2.75, 3.05) is 13.7 Å². The molecule has 1 N–H and O–H groups in total. The molecule has 0 spiro atoms. The van der Waals surface area contributed by atoms with Crippen molar-refractivity contribution in [3.05, 3.63) is 18.3 Å². The van der Waals surface area contributed by atoms with Crippen LogP contribution in [0.25, 0.3) is 0 Å². The second-order valence-corrected chi connectivity index (χ2v) is 4.99. The van der Waals surface area contributed by atoms with Crippen molar-refractivity contribution in [3.63, 3.8) is 0 Å². The zero-order chi connectivity index (χ0) is 13.5. The Morgan fingerprint density at radius 1 is 1.37 bits per heavy atom. The minimum Gasteiger partial charge on any atom is -0.488 e. The van der Waals surface area contributed by atoms with Gasteiger partial charge in [0.1, 0.15) is 6.10 Å². The van der Waals surface area contributed by atoms with Crippen LogP contribution in [0.2, 0.25) is 0 Å². The summed E-state index contributed by atoms with van der Waals surface area (Å²) >= 11 is 0. The summed E-state index contributed by atoms with van der Waals surface area (Å²) in [6.07, 6.45) is 7.67. The van der Waals surface area contributed by atoms with Crippen LogP contribution in [0, 0.1) is 0 Å². The van der Waals surface area contributed by atoms with Gasteiger partial charge in [0.05, 0.1) is 6.61 Å². The second kappa shape index (κ2) is 7.34. The van der Waals surface area contributed by atoms with E-state index in [2.05, 4.69) is 17.2 Å². The zero-order valence-corrected chi connectivity index (χ0v) is 11.9. The van der Waals surface area contributed by atoms with Gasteiger partial charge in [0.15, 0.2) is 5.75 Å². The van der Waals surface area contributed by atoms with E-state index in [4.69, 9.17) is 9.47 Å². The highest BCUT2D eigenvalue weighted by Crippen LogP contribution is 2.29. The van der Waals surface area contributed by atoms with Gasteiger partial charge in [-0.05, 0) is 44.9 Å². The molecule has 1 aromatic heterocycles. The molecule has 1 fully saturated rings. The van der Waals surface area contributed by atoms with E-state index < -0.39 is 0 Å². The highest BCUT2D eigenvalue weighted by Gasteiger charge is 2.26. The number of hydrogen-bond donors (Lipinski definition) is 1. The SMILES string of the molecule is CCCOc1cccnc1OC1CCCCC1NC. The van der Waals surface area contributed by atoms with Crippen LogP contribution >= 0.6 is 0 Å². The van der Waals surface area contributed by atoms with Crippen LogP contribution in [-0.2, 0) is 0 Å². The zero-order valence-electron chi connectivity index (χ0n) is 11.9. The van der Waals surface area contributed by atoms with Gasteiger partial charge in [-0.1, -0.05) is 13.3 Å². The Morgan fingerprint density at radius 2 is 2.21 bits per heavy atom. The molecule has 4 heteroatoms. The maximum atomic E-state index is 6.09. The van der Waals surface area contributed by atoms with E-state index >= 15 is 0 Å². The summed E-state index contributed by atoms with van der Waals surface area (Å²) in [6.45, 7) is 2.79. The Bertz CT molecular complexity index is 384. The Hall–Kier alpha value is -1.29. The summed E-state index contributed by atoms with van der Waals surface area (Å²) in [7, 11) is 2.00. The van der Waals surface area contributed by atoms with E-state index in [0.29, 0.717) is 18.5 Å². The maximum Gasteiger partial charge on any atom is 0.257 e. The van der Waals surface area contributed by atoms with Crippen LogP contribution in [0.3, 0.4) is 0 Å². The third-order valence-corrected chi connectivity index (χ3v) is 3.53. The minimum atomic E-state index is 0.192. The van der Waals surface area contributed by atoms with Gasteiger partial charge in [-0.2, -0.15) is 0 Å². The molecular formula is C15H24N2O2. The standard InChI is InChI=1S/C15H24N2O2/c1-3-11-18-14-9-6-10-17-15(14)19-13-8-5-4-7-12(13)16-2/h6,9-10,12-13,16H,3-5,7-8,11H2,1-2H3. The smallest absolute Gasteiger partial charge is 0.257 e. The first-order chi connectivity index (χ1) is 9.35. The van der Waals surface area contributed by atoms with Crippen molar-refractivity contribution in [1.29, 1.82) is 0 Å². The van der Waals surface area contributed by atoms with Crippen molar-refractivity contribution in [2.45, 2.75) is 51.2 Å². The number of nitrogens with zero attached hydrogens (tertiary/aromatic N) is 1. The van der Waals surface area contributed by atoms with Crippen molar-refractivity contribution in [3.8, 4) is 11.6 Å². The van der Waals surface area contributed by atoms with E-state index in [9.17, 15) is 0 Å². The molecule has 1 aliphatic carbocycles. The Morgan fingerprint density at radius 3 is 3.00 bits per heavy atom. The molecule has 0 aliphatic heterocycles. The fraction of sp³-hybridized carbons (Fsp3) is 0.667. The fourth-order valence-electron chi connectivity index (χ4n) is 2.50. The molecule has 0 bridgehead atoms. The molecule has 2 rings (SSSR count). The molecule has 1 aromatic rings. The predicted molar refractivity (Wildman–Crippen MR) is 75.8 cm³/mol. The molecule has 1 aliphatic rings. The van der Waals surface area contributed by atoms with Gasteiger partial charge in [0.2, 0.25) is 0 Å². The molecule has 0 amide bonds. The Kier molecular flexibility index (Phi) is 5.45. The average molecular weight is 264 g/mol. The van der Waals surface area contributed by atoms with Crippen molar-refractivity contribution >= 4 is 0 Å². The number of hydrogen-bond acceptors (Lipinski definition) is 4. The first kappa shape index (κ1) is 14.1. The van der Waals surface area contributed by atoms with E-state index in [1.165, 1.54) is 19.3 Å². The quantitative estimate of drug-likeness (QED) is 0.858. The monoisotopic (exact) mass is 264 g/mol. The molecule has 1 heterocycles. The van der Waals surface area contributed by atoms with Gasteiger partial charge < -0.3 is 14.8 Å². The fourth-order valence-corrected chi connectivity index (χ4v) is 2.50. The molecule has 0 saturated heterocycles. The molecule has 2 unspecified atom stereocenters. The van der Waals surface area contributed by atoms with Crippen LogP contribution in [0.1, 0.15) is 39.0 Å². The number of likely N-dealkylation sites (N-methyl/N-ethyl adjacent to an activating group) is 1. The van der Waals surface area contributed by atoms with Gasteiger partial charge in [0, 0.05) is 12.2 Å². The lowest BCUT2D eigenvalue weighted by Crippen LogP contribution is -2.43. The number of nitrogens with one attached hydrogen (secondary N) is 1. The van der Waals surface area contributed by atoms with Crippen LogP contribution in [0.5, 0.6) is 11.6 Å². The Labute approximate surface area is 115 Å². The normalized spacial score (nSPS) is 23.1. The van der Waals surface area contributed by atoms with Crippen LogP contribution < -0.4 is 14.8 Å². The van der Waals surface area contributed by atoms with Gasteiger partial charge in [-0.25, -0.2) is 4.98 Å². The van der Waals surface area contributed by atoms with E-state index in [0.717, 1.165) is 18.6 Å². The molecule has 0 aromatic carbocycles. The summed E-state index contributed by atoms with van der Waals surface area (Å²) < 4.78 is 11.8. The van der Waals surface area contributed by atoms with Crippen molar-refractivity contribution in [1.82, 2.24) is 10.3 Å². The topological polar surface area (TPSA) is 43.4 Å². The minimum absolute atomic E-state index is 0.192. The summed E-state index contributed by atoms with van der Waals surface area (Å²) in [5, 5.41) is 3.34. The lowest BCUT2D eigenvalue weighted by Gasteiger charge is -2.31. The molecule has 4 nitrogen and oxygen atoms in total. The average Bonchev–Trinajstić information content (AvgIpc) is 2.47. The lowest BCUT2D eigenvalue weighted by atomic mass is 9.92. The number of pyridine rings is 1. The summed E-state index contributed by atoms with van der Waals surface area (Å²) in [6, 6.07) is 4.22. The molecule has 1 saturated carbocycles. The van der Waals surface area contributed by atoms with E-state index in [1.807, 2.05) is 19.2 Å². The number of rotatable bonds is 6. The predicted octanol–water partition coefficient (Wildman–Crippen LogP) is 2.78. The lowest BCUT2D eigenvalue weighted by molar-refractivity contribution is 0.107. The van der Waals surface area contributed by atoms with Crippen LogP contribution in [0.4, 0.5) is 0 Å². The molecule has 19 heavy (non-hydrogen) atoms. The summed E-state index contributed by atoms with van der Waals surface area (Å²) in [5.74, 6) is 1.38. The third-order valence-electron chi connectivity index (χ3n) is 3.53. The molecule has 106 valence electrons. The van der Waals surface area contributed by atoms with Gasteiger partial charge in [-0.15, -0.1) is 0 Å². The van der Waals surface area contributed by atoms with Gasteiger partial charge >= 0.3 is 0 Å². The largest absolute Gasteiger partial charge is 0.488 e. The third kappa shape index (κ3) is 3.83. The van der Waals surface area contributed by atoms with E-state index in [-0.39, 0.29) is 6.10 Å². The van der Waals surface area contributed by atoms with Crippen molar-refractivity contribution < 1.29 is 9.47 Å². The van der Waals surface area contributed by atoms with E-state index in [1.54, 1.807) is 6.20 Å². The number of ether oxygens (including phenoxy) is 2. The van der Waals surface area contributed by atoms with Gasteiger partial charge in [-0.3, -0.25) is 0 Å². The summed E-state index contributed by atoms with van der Waals surface area (Å²) in [4.78, 5) is 4.32. The van der Waals surface area contributed by atoms with Gasteiger partial charge in [0.25, 0.3) is 5.88 Å². The first-order valence-electron chi connectivity index (χ1n) is 7.27. The first-order valence-corrected chi connectivity index (χ1v) is 7.27. The van der Waals surface area contributed by atoms with Crippen LogP contribution in [0.15, 0.2) is 18.3 Å². The van der Waals surface area contributed by atoms with Crippen molar-refractivity contribution in [2.24, 2.45) is 0 Å².